The molecule has 1 aromatic rings. The zero-order valence-electron chi connectivity index (χ0n) is 11.4. The largest absolute Gasteiger partial charge is 0.481 e. The summed E-state index contributed by atoms with van der Waals surface area (Å²) in [7, 11) is 0. The molecule has 0 aliphatic rings. The van der Waals surface area contributed by atoms with Gasteiger partial charge in [0.05, 0.1) is 0 Å². The summed E-state index contributed by atoms with van der Waals surface area (Å²) < 4.78 is 28.1. The summed E-state index contributed by atoms with van der Waals surface area (Å²) in [5.41, 5.74) is 0.831. The maximum atomic E-state index is 12.0. The van der Waals surface area contributed by atoms with Gasteiger partial charge in [-0.15, -0.1) is 0 Å². The van der Waals surface area contributed by atoms with Gasteiger partial charge in [-0.05, 0) is 30.5 Å². The zero-order valence-corrected chi connectivity index (χ0v) is 11.4. The third-order valence-electron chi connectivity index (χ3n) is 2.68. The number of alkyl halides is 2. The number of carbonyl (C=O) groups is 2. The molecule has 7 heteroatoms. The number of benzene rings is 1. The number of hydrogen-bond donors (Lipinski definition) is 2. The van der Waals surface area contributed by atoms with Crippen LogP contribution in [0.2, 0.25) is 0 Å². The molecule has 0 aromatic heterocycles. The Bertz CT molecular complexity index is 463. The van der Waals surface area contributed by atoms with Crippen molar-refractivity contribution >= 4 is 11.9 Å². The van der Waals surface area contributed by atoms with E-state index in [0.717, 1.165) is 5.56 Å². The van der Waals surface area contributed by atoms with Crippen molar-refractivity contribution in [1.29, 1.82) is 0 Å². The fourth-order valence-electron chi connectivity index (χ4n) is 1.65. The highest BCUT2D eigenvalue weighted by Crippen LogP contribution is 2.15. The molecular weight excluding hydrogens is 284 g/mol. The predicted octanol–water partition coefficient (Wildman–Crippen LogP) is 2.20. The van der Waals surface area contributed by atoms with Gasteiger partial charge in [-0.3, -0.25) is 9.59 Å². The highest BCUT2D eigenvalue weighted by molar-refractivity contribution is 5.76. The molecule has 116 valence electrons. The molecule has 0 saturated carbocycles. The van der Waals surface area contributed by atoms with Crippen LogP contribution < -0.4 is 10.1 Å². The first-order valence-electron chi connectivity index (χ1n) is 6.49. The number of carboxylic acids is 1. The van der Waals surface area contributed by atoms with Crippen molar-refractivity contribution in [2.45, 2.75) is 32.3 Å². The first kappa shape index (κ1) is 16.9. The molecule has 0 bridgehead atoms. The standard InChI is InChI=1S/C14H17F2NO4/c15-14(16)21-11-6-3-10(4-7-11)5-8-12(18)17-9-1-2-13(19)20/h3-4,6-7,14H,1-2,5,8-9H2,(H,17,18)(H,19,20). The minimum absolute atomic E-state index is 0.0197. The number of nitrogens with one attached hydrogen (secondary N) is 1. The summed E-state index contributed by atoms with van der Waals surface area (Å²) in [6, 6.07) is 6.09. The van der Waals surface area contributed by atoms with E-state index in [-0.39, 0.29) is 24.5 Å². The molecule has 5 nitrogen and oxygen atoms in total. The van der Waals surface area contributed by atoms with E-state index < -0.39 is 12.6 Å². The van der Waals surface area contributed by atoms with E-state index in [1.807, 2.05) is 0 Å². The number of carboxylic acid groups (broad SMARTS) is 1. The van der Waals surface area contributed by atoms with E-state index >= 15 is 0 Å². The number of hydrogen-bond acceptors (Lipinski definition) is 3. The van der Waals surface area contributed by atoms with Crippen molar-refractivity contribution in [2.75, 3.05) is 6.54 Å². The minimum atomic E-state index is -2.85. The Hall–Kier alpha value is -2.18. The number of aliphatic carboxylic acids is 1. The molecule has 0 aliphatic carbocycles. The third-order valence-corrected chi connectivity index (χ3v) is 2.68. The second kappa shape index (κ2) is 8.89. The van der Waals surface area contributed by atoms with Crippen LogP contribution in [-0.2, 0) is 16.0 Å². The topological polar surface area (TPSA) is 75.6 Å². The maximum Gasteiger partial charge on any atom is 0.387 e. The normalized spacial score (nSPS) is 10.4. The van der Waals surface area contributed by atoms with Crippen molar-refractivity contribution in [1.82, 2.24) is 5.32 Å². The number of amides is 1. The number of ether oxygens (including phenoxy) is 1. The molecule has 1 rings (SSSR count). The second-order valence-electron chi connectivity index (χ2n) is 4.37. The van der Waals surface area contributed by atoms with Crippen molar-refractivity contribution in [3.05, 3.63) is 29.8 Å². The summed E-state index contributed by atoms with van der Waals surface area (Å²) in [5, 5.41) is 11.1. The third kappa shape index (κ3) is 7.86. The van der Waals surface area contributed by atoms with Gasteiger partial charge in [-0.2, -0.15) is 8.78 Å². The van der Waals surface area contributed by atoms with Crippen LogP contribution in [0.4, 0.5) is 8.78 Å². The lowest BCUT2D eigenvalue weighted by Gasteiger charge is -2.06. The maximum absolute atomic E-state index is 12.0. The molecule has 1 aromatic carbocycles. The van der Waals surface area contributed by atoms with Gasteiger partial charge in [0.2, 0.25) is 5.91 Å². The molecule has 0 aliphatic heterocycles. The molecule has 0 spiro atoms. The molecular formula is C14H17F2NO4. The van der Waals surface area contributed by atoms with Gasteiger partial charge in [0.15, 0.2) is 0 Å². The lowest BCUT2D eigenvalue weighted by molar-refractivity contribution is -0.137. The van der Waals surface area contributed by atoms with Crippen molar-refractivity contribution in [2.24, 2.45) is 0 Å². The fourth-order valence-corrected chi connectivity index (χ4v) is 1.65. The van der Waals surface area contributed by atoms with E-state index in [0.29, 0.717) is 19.4 Å². The quantitative estimate of drug-likeness (QED) is 0.686. The van der Waals surface area contributed by atoms with Crippen LogP contribution in [0.3, 0.4) is 0 Å². The first-order valence-corrected chi connectivity index (χ1v) is 6.49. The molecule has 0 unspecified atom stereocenters. The van der Waals surface area contributed by atoms with Crippen molar-refractivity contribution < 1.29 is 28.2 Å². The molecule has 0 fully saturated rings. The van der Waals surface area contributed by atoms with Crippen molar-refractivity contribution in [3.8, 4) is 5.75 Å². The van der Waals surface area contributed by atoms with Crippen LogP contribution >= 0.6 is 0 Å². The molecule has 2 N–H and O–H groups in total. The summed E-state index contributed by atoms with van der Waals surface area (Å²) in [5.74, 6) is -0.990. The Kier molecular flexibility index (Phi) is 7.14. The van der Waals surface area contributed by atoms with Gasteiger partial charge in [-0.1, -0.05) is 12.1 Å². The van der Waals surface area contributed by atoms with Crippen LogP contribution in [0.25, 0.3) is 0 Å². The Morgan fingerprint density at radius 3 is 2.43 bits per heavy atom. The van der Waals surface area contributed by atoms with Crippen LogP contribution in [0.15, 0.2) is 24.3 Å². The Balaban J connectivity index is 2.24. The van der Waals surface area contributed by atoms with E-state index in [9.17, 15) is 18.4 Å². The number of rotatable bonds is 9. The van der Waals surface area contributed by atoms with Gasteiger partial charge in [-0.25, -0.2) is 0 Å². The highest BCUT2D eigenvalue weighted by atomic mass is 19.3. The summed E-state index contributed by atoms with van der Waals surface area (Å²) in [6.45, 7) is -2.53. The fraction of sp³-hybridized carbons (Fsp3) is 0.429. The highest BCUT2D eigenvalue weighted by Gasteiger charge is 2.05. The van der Waals surface area contributed by atoms with E-state index in [2.05, 4.69) is 10.1 Å². The predicted molar refractivity (Wildman–Crippen MR) is 71.3 cm³/mol. The lowest BCUT2D eigenvalue weighted by atomic mass is 10.1. The molecule has 1 amide bonds. The molecule has 0 radical (unpaired) electrons. The van der Waals surface area contributed by atoms with Crippen LogP contribution in [-0.4, -0.2) is 30.1 Å². The number of aryl methyl sites for hydroxylation is 1. The average Bonchev–Trinajstić information content (AvgIpc) is 2.42. The van der Waals surface area contributed by atoms with E-state index in [1.54, 1.807) is 12.1 Å². The van der Waals surface area contributed by atoms with Crippen LogP contribution in [0, 0.1) is 0 Å². The zero-order chi connectivity index (χ0) is 15.7. The number of halogens is 2. The van der Waals surface area contributed by atoms with Crippen LogP contribution in [0.5, 0.6) is 5.75 Å². The van der Waals surface area contributed by atoms with Gasteiger partial charge >= 0.3 is 12.6 Å². The monoisotopic (exact) mass is 301 g/mol. The molecule has 21 heavy (non-hydrogen) atoms. The van der Waals surface area contributed by atoms with Gasteiger partial charge in [0, 0.05) is 19.4 Å². The Morgan fingerprint density at radius 2 is 1.86 bits per heavy atom. The lowest BCUT2D eigenvalue weighted by Crippen LogP contribution is -2.25. The summed E-state index contributed by atoms with van der Waals surface area (Å²) in [4.78, 5) is 21.8. The summed E-state index contributed by atoms with van der Waals surface area (Å²) in [6.07, 6.45) is 1.13. The van der Waals surface area contributed by atoms with Gasteiger partial charge in [0.1, 0.15) is 5.75 Å². The Morgan fingerprint density at radius 1 is 1.19 bits per heavy atom. The first-order chi connectivity index (χ1) is 9.97. The van der Waals surface area contributed by atoms with Gasteiger partial charge in [0.25, 0.3) is 0 Å². The molecule has 0 heterocycles. The van der Waals surface area contributed by atoms with Gasteiger partial charge < -0.3 is 15.2 Å². The average molecular weight is 301 g/mol. The minimum Gasteiger partial charge on any atom is -0.481 e. The van der Waals surface area contributed by atoms with E-state index in [4.69, 9.17) is 5.11 Å². The summed E-state index contributed by atoms with van der Waals surface area (Å²) >= 11 is 0. The SMILES string of the molecule is O=C(O)CCCNC(=O)CCc1ccc(OC(F)F)cc1. The van der Waals surface area contributed by atoms with Crippen LogP contribution in [0.1, 0.15) is 24.8 Å². The smallest absolute Gasteiger partial charge is 0.387 e. The second-order valence-corrected chi connectivity index (χ2v) is 4.37. The molecule has 0 atom stereocenters. The van der Waals surface area contributed by atoms with E-state index in [1.165, 1.54) is 12.1 Å². The number of carbonyl (C=O) groups excluding carboxylic acids is 1. The Labute approximate surface area is 120 Å². The molecule has 0 saturated heterocycles. The van der Waals surface area contributed by atoms with Crippen molar-refractivity contribution in [3.63, 3.8) is 0 Å².